The first-order valence-corrected chi connectivity index (χ1v) is 5.94. The lowest BCUT2D eigenvalue weighted by Gasteiger charge is -2.22. The zero-order chi connectivity index (χ0) is 12.0. The topological polar surface area (TPSA) is 50.1 Å². The Morgan fingerprint density at radius 1 is 1.56 bits per heavy atom. The van der Waals surface area contributed by atoms with Gasteiger partial charge in [0.05, 0.1) is 5.60 Å². The molecular weight excluding hydrogens is 202 g/mol. The van der Waals surface area contributed by atoms with Crippen LogP contribution in [0.2, 0.25) is 0 Å². The molecule has 2 N–H and O–H groups in total. The van der Waals surface area contributed by atoms with E-state index in [-0.39, 0.29) is 0 Å². The molecule has 0 aromatic carbocycles. The average molecular weight is 225 g/mol. The zero-order valence-corrected chi connectivity index (χ0v) is 10.5. The summed E-state index contributed by atoms with van der Waals surface area (Å²) in [7, 11) is 2.00. The van der Waals surface area contributed by atoms with E-state index < -0.39 is 5.60 Å². The van der Waals surface area contributed by atoms with Gasteiger partial charge in [-0.05, 0) is 13.3 Å². The molecule has 1 heterocycles. The van der Waals surface area contributed by atoms with Gasteiger partial charge in [0.2, 0.25) is 0 Å². The van der Waals surface area contributed by atoms with Crippen LogP contribution in [-0.2, 0) is 13.5 Å². The summed E-state index contributed by atoms with van der Waals surface area (Å²) in [5.74, 6) is 1.07. The summed E-state index contributed by atoms with van der Waals surface area (Å²) in [5.41, 5.74) is -0.587. The van der Waals surface area contributed by atoms with Crippen LogP contribution in [0.4, 0.5) is 0 Å². The van der Waals surface area contributed by atoms with E-state index in [0.717, 1.165) is 31.6 Å². The van der Waals surface area contributed by atoms with Gasteiger partial charge < -0.3 is 15.0 Å². The Bertz CT molecular complexity index is 307. The van der Waals surface area contributed by atoms with E-state index in [1.165, 1.54) is 0 Å². The Morgan fingerprint density at radius 3 is 2.88 bits per heavy atom. The molecule has 0 saturated heterocycles. The SMILES string of the molecule is CCCC(C)(O)CNCCc1nccn1C. The highest BCUT2D eigenvalue weighted by Crippen LogP contribution is 2.09. The van der Waals surface area contributed by atoms with Crippen molar-refractivity contribution in [1.82, 2.24) is 14.9 Å². The molecule has 4 heteroatoms. The van der Waals surface area contributed by atoms with Crippen LogP contribution in [-0.4, -0.2) is 33.3 Å². The molecule has 4 nitrogen and oxygen atoms in total. The smallest absolute Gasteiger partial charge is 0.109 e. The molecule has 16 heavy (non-hydrogen) atoms. The number of hydrogen-bond acceptors (Lipinski definition) is 3. The first-order chi connectivity index (χ1) is 7.55. The molecule has 1 rings (SSSR count). The maximum Gasteiger partial charge on any atom is 0.109 e. The minimum absolute atomic E-state index is 0.587. The maximum absolute atomic E-state index is 9.94. The number of hydrogen-bond donors (Lipinski definition) is 2. The molecule has 1 atom stereocenters. The van der Waals surface area contributed by atoms with Crippen LogP contribution in [0.25, 0.3) is 0 Å². The van der Waals surface area contributed by atoms with Crippen LogP contribution < -0.4 is 5.32 Å². The Kier molecular flexibility index (Phi) is 4.96. The van der Waals surface area contributed by atoms with E-state index in [1.807, 2.05) is 30.9 Å². The Labute approximate surface area is 97.7 Å². The molecule has 0 saturated carbocycles. The molecule has 0 fully saturated rings. The molecule has 1 aromatic heterocycles. The Hall–Kier alpha value is -0.870. The van der Waals surface area contributed by atoms with E-state index in [0.29, 0.717) is 6.54 Å². The minimum atomic E-state index is -0.587. The third-order valence-electron chi connectivity index (χ3n) is 2.74. The normalized spacial score (nSPS) is 15.0. The summed E-state index contributed by atoms with van der Waals surface area (Å²) in [4.78, 5) is 4.25. The fourth-order valence-electron chi connectivity index (χ4n) is 1.82. The molecule has 0 aliphatic heterocycles. The van der Waals surface area contributed by atoms with Gasteiger partial charge in [0, 0.05) is 39.0 Å². The second-order valence-electron chi connectivity index (χ2n) is 4.63. The molecule has 1 unspecified atom stereocenters. The number of nitrogens with one attached hydrogen (secondary N) is 1. The molecular formula is C12H23N3O. The number of aromatic nitrogens is 2. The van der Waals surface area contributed by atoms with Crippen LogP contribution >= 0.6 is 0 Å². The summed E-state index contributed by atoms with van der Waals surface area (Å²) >= 11 is 0. The highest BCUT2D eigenvalue weighted by molar-refractivity contribution is 4.91. The van der Waals surface area contributed by atoms with Gasteiger partial charge in [-0.15, -0.1) is 0 Å². The predicted molar refractivity (Wildman–Crippen MR) is 65.3 cm³/mol. The van der Waals surface area contributed by atoms with Crippen LogP contribution in [0.15, 0.2) is 12.4 Å². The molecule has 92 valence electrons. The molecule has 0 amide bonds. The number of aryl methyl sites for hydroxylation is 1. The quantitative estimate of drug-likeness (QED) is 0.683. The largest absolute Gasteiger partial charge is 0.389 e. The second-order valence-corrected chi connectivity index (χ2v) is 4.63. The van der Waals surface area contributed by atoms with Gasteiger partial charge in [-0.1, -0.05) is 13.3 Å². The van der Waals surface area contributed by atoms with Gasteiger partial charge in [-0.3, -0.25) is 0 Å². The van der Waals surface area contributed by atoms with Gasteiger partial charge >= 0.3 is 0 Å². The molecule has 0 aliphatic carbocycles. The Morgan fingerprint density at radius 2 is 2.31 bits per heavy atom. The van der Waals surface area contributed by atoms with E-state index in [2.05, 4.69) is 17.2 Å². The third kappa shape index (κ3) is 4.33. The van der Waals surface area contributed by atoms with Crippen LogP contribution in [0.1, 0.15) is 32.5 Å². The first kappa shape index (κ1) is 13.2. The monoisotopic (exact) mass is 225 g/mol. The van der Waals surface area contributed by atoms with Crippen molar-refractivity contribution < 1.29 is 5.11 Å². The van der Waals surface area contributed by atoms with Crippen molar-refractivity contribution in [3.05, 3.63) is 18.2 Å². The van der Waals surface area contributed by atoms with Crippen molar-refractivity contribution in [3.63, 3.8) is 0 Å². The van der Waals surface area contributed by atoms with Crippen LogP contribution in [0.3, 0.4) is 0 Å². The summed E-state index contributed by atoms with van der Waals surface area (Å²) < 4.78 is 2.02. The van der Waals surface area contributed by atoms with E-state index in [4.69, 9.17) is 0 Å². The second kappa shape index (κ2) is 6.01. The van der Waals surface area contributed by atoms with Crippen molar-refractivity contribution in [2.75, 3.05) is 13.1 Å². The molecule has 0 radical (unpaired) electrons. The maximum atomic E-state index is 9.94. The molecule has 0 aliphatic rings. The minimum Gasteiger partial charge on any atom is -0.389 e. The summed E-state index contributed by atoms with van der Waals surface area (Å²) in [6.45, 7) is 5.46. The summed E-state index contributed by atoms with van der Waals surface area (Å²) in [5, 5.41) is 13.2. The van der Waals surface area contributed by atoms with E-state index in [9.17, 15) is 5.11 Å². The fourth-order valence-corrected chi connectivity index (χ4v) is 1.82. The Balaban J connectivity index is 2.19. The number of aliphatic hydroxyl groups is 1. The van der Waals surface area contributed by atoms with Crippen molar-refractivity contribution >= 4 is 0 Å². The lowest BCUT2D eigenvalue weighted by Crippen LogP contribution is -2.38. The zero-order valence-electron chi connectivity index (χ0n) is 10.5. The number of imidazole rings is 1. The van der Waals surface area contributed by atoms with Crippen molar-refractivity contribution in [1.29, 1.82) is 0 Å². The van der Waals surface area contributed by atoms with E-state index in [1.54, 1.807) is 0 Å². The first-order valence-electron chi connectivity index (χ1n) is 5.94. The highest BCUT2D eigenvalue weighted by Gasteiger charge is 2.17. The average Bonchev–Trinajstić information content (AvgIpc) is 2.59. The van der Waals surface area contributed by atoms with Crippen LogP contribution in [0.5, 0.6) is 0 Å². The summed E-state index contributed by atoms with van der Waals surface area (Å²) in [6, 6.07) is 0. The van der Waals surface area contributed by atoms with Gasteiger partial charge in [0.15, 0.2) is 0 Å². The lowest BCUT2D eigenvalue weighted by molar-refractivity contribution is 0.0503. The highest BCUT2D eigenvalue weighted by atomic mass is 16.3. The molecule has 0 spiro atoms. The molecule has 1 aromatic rings. The van der Waals surface area contributed by atoms with Gasteiger partial charge in [0.25, 0.3) is 0 Å². The molecule has 0 bridgehead atoms. The van der Waals surface area contributed by atoms with Gasteiger partial charge in [0.1, 0.15) is 5.82 Å². The standard InChI is InChI=1S/C12H23N3O/c1-4-6-12(2,16)10-13-7-5-11-14-8-9-15(11)3/h8-9,13,16H,4-7,10H2,1-3H3. The predicted octanol–water partition coefficient (Wildman–Crippen LogP) is 1.10. The number of nitrogens with zero attached hydrogens (tertiary/aromatic N) is 2. The van der Waals surface area contributed by atoms with Crippen molar-refractivity contribution in [2.45, 2.75) is 38.7 Å². The van der Waals surface area contributed by atoms with E-state index >= 15 is 0 Å². The lowest BCUT2D eigenvalue weighted by atomic mass is 10.0. The van der Waals surface area contributed by atoms with Gasteiger partial charge in [-0.25, -0.2) is 4.98 Å². The number of rotatable bonds is 7. The fraction of sp³-hybridized carbons (Fsp3) is 0.750. The van der Waals surface area contributed by atoms with Crippen molar-refractivity contribution in [2.24, 2.45) is 7.05 Å². The summed E-state index contributed by atoms with van der Waals surface area (Å²) in [6.07, 6.45) is 6.49. The third-order valence-corrected chi connectivity index (χ3v) is 2.74. The van der Waals surface area contributed by atoms with Gasteiger partial charge in [-0.2, -0.15) is 0 Å². The van der Waals surface area contributed by atoms with Crippen molar-refractivity contribution in [3.8, 4) is 0 Å². The van der Waals surface area contributed by atoms with Crippen LogP contribution in [0, 0.1) is 0 Å².